The van der Waals surface area contributed by atoms with E-state index in [0.29, 0.717) is 15.8 Å². The van der Waals surface area contributed by atoms with Crippen molar-refractivity contribution in [1.82, 2.24) is 5.06 Å². The monoisotopic (exact) mass is 407 g/mol. The van der Waals surface area contributed by atoms with Crippen molar-refractivity contribution >= 4 is 29.4 Å². The summed E-state index contributed by atoms with van der Waals surface area (Å²) in [5.74, 6) is -1.76. The van der Waals surface area contributed by atoms with E-state index in [1.807, 2.05) is 12.1 Å². The number of amides is 2. The molecule has 0 atom stereocenters. The van der Waals surface area contributed by atoms with Crippen molar-refractivity contribution in [3.05, 3.63) is 100 Å². The van der Waals surface area contributed by atoms with Crippen molar-refractivity contribution in [2.45, 2.75) is 6.61 Å². The fraction of sp³-hybridized carbons (Fsp3) is 0.0455. The Morgan fingerprint density at radius 1 is 0.862 bits per heavy atom. The van der Waals surface area contributed by atoms with E-state index in [1.165, 1.54) is 24.3 Å². The molecule has 0 unspecified atom stereocenters. The van der Waals surface area contributed by atoms with Crippen LogP contribution in [0.4, 0.5) is 0 Å². The van der Waals surface area contributed by atoms with Crippen molar-refractivity contribution in [3.8, 4) is 5.75 Å². The van der Waals surface area contributed by atoms with E-state index in [4.69, 9.17) is 21.2 Å². The summed E-state index contributed by atoms with van der Waals surface area (Å²) in [4.78, 5) is 42.2. The lowest BCUT2D eigenvalue weighted by molar-refractivity contribution is -0.0584. The summed E-state index contributed by atoms with van der Waals surface area (Å²) in [6, 6.07) is 19.8. The van der Waals surface area contributed by atoms with Crippen molar-refractivity contribution in [3.63, 3.8) is 0 Å². The highest BCUT2D eigenvalue weighted by molar-refractivity contribution is 6.30. The molecule has 144 valence electrons. The van der Waals surface area contributed by atoms with Crippen LogP contribution in [0.5, 0.6) is 5.75 Å². The van der Waals surface area contributed by atoms with Crippen LogP contribution in [0.15, 0.2) is 72.8 Å². The third-order valence-corrected chi connectivity index (χ3v) is 4.53. The quantitative estimate of drug-likeness (QED) is 0.590. The average Bonchev–Trinajstić information content (AvgIpc) is 2.98. The Labute approximate surface area is 171 Å². The zero-order valence-corrected chi connectivity index (χ0v) is 15.8. The molecule has 29 heavy (non-hydrogen) atoms. The van der Waals surface area contributed by atoms with Gasteiger partial charge in [-0.1, -0.05) is 47.0 Å². The minimum Gasteiger partial charge on any atom is -0.489 e. The fourth-order valence-electron chi connectivity index (χ4n) is 2.89. The standard InChI is InChI=1S/C22H14ClNO5/c23-16-7-3-5-14(11-16)13-28-17-8-4-6-15(12-17)22(27)29-24-20(25)18-9-1-2-10-19(18)21(24)26/h1-12H,13H2. The molecule has 6 nitrogen and oxygen atoms in total. The number of fused-ring (bicyclic) bond motifs is 1. The van der Waals surface area contributed by atoms with E-state index in [1.54, 1.807) is 36.4 Å². The topological polar surface area (TPSA) is 72.9 Å². The summed E-state index contributed by atoms with van der Waals surface area (Å²) >= 11 is 5.96. The molecule has 4 rings (SSSR count). The van der Waals surface area contributed by atoms with Gasteiger partial charge in [0.1, 0.15) is 12.4 Å². The number of ether oxygens (including phenoxy) is 1. The molecule has 7 heteroatoms. The molecule has 3 aromatic carbocycles. The van der Waals surface area contributed by atoms with E-state index < -0.39 is 17.8 Å². The van der Waals surface area contributed by atoms with Crippen LogP contribution in [0, 0.1) is 0 Å². The Balaban J connectivity index is 1.45. The number of carbonyl (C=O) groups excluding carboxylic acids is 3. The number of halogens is 1. The van der Waals surface area contributed by atoms with Gasteiger partial charge in [0.25, 0.3) is 11.8 Å². The molecular formula is C22H14ClNO5. The maximum atomic E-state index is 12.5. The number of hydrogen-bond acceptors (Lipinski definition) is 5. The summed E-state index contributed by atoms with van der Waals surface area (Å²) in [7, 11) is 0. The molecule has 0 aromatic heterocycles. The Kier molecular flexibility index (Phi) is 5.01. The van der Waals surface area contributed by atoms with Gasteiger partial charge in [-0.2, -0.15) is 0 Å². The number of carbonyl (C=O) groups is 3. The minimum absolute atomic E-state index is 0.144. The van der Waals surface area contributed by atoms with Gasteiger partial charge in [0.15, 0.2) is 0 Å². The van der Waals surface area contributed by atoms with E-state index in [0.717, 1.165) is 5.56 Å². The second-order valence-corrected chi connectivity index (χ2v) is 6.71. The molecule has 0 N–H and O–H groups in total. The molecule has 1 aliphatic rings. The molecule has 1 heterocycles. The maximum absolute atomic E-state index is 12.5. The van der Waals surface area contributed by atoms with Crippen LogP contribution in [-0.4, -0.2) is 22.8 Å². The third kappa shape index (κ3) is 3.83. The minimum atomic E-state index is -0.840. The average molecular weight is 408 g/mol. The SMILES string of the molecule is O=C(ON1C(=O)c2ccccc2C1=O)c1cccc(OCc2cccc(Cl)c2)c1. The second kappa shape index (κ2) is 7.77. The van der Waals surface area contributed by atoms with Gasteiger partial charge in [-0.05, 0) is 48.0 Å². The first-order valence-electron chi connectivity index (χ1n) is 8.70. The number of rotatable bonds is 5. The van der Waals surface area contributed by atoms with Crippen LogP contribution in [0.3, 0.4) is 0 Å². The molecule has 3 aromatic rings. The van der Waals surface area contributed by atoms with Crippen LogP contribution in [0.2, 0.25) is 5.02 Å². The summed E-state index contributed by atoms with van der Waals surface area (Å²) in [5, 5.41) is 1.08. The molecule has 2 amide bonds. The van der Waals surface area contributed by atoms with Gasteiger partial charge in [-0.25, -0.2) is 4.79 Å². The largest absolute Gasteiger partial charge is 0.489 e. The smallest absolute Gasteiger partial charge is 0.364 e. The van der Waals surface area contributed by atoms with E-state index >= 15 is 0 Å². The van der Waals surface area contributed by atoms with Gasteiger partial charge in [0.2, 0.25) is 0 Å². The predicted octanol–water partition coefficient (Wildman–Crippen LogP) is 4.29. The van der Waals surface area contributed by atoms with Crippen molar-refractivity contribution in [2.24, 2.45) is 0 Å². The predicted molar refractivity (Wildman–Crippen MR) is 105 cm³/mol. The zero-order chi connectivity index (χ0) is 20.4. The van der Waals surface area contributed by atoms with Crippen LogP contribution in [-0.2, 0) is 11.4 Å². The Morgan fingerprint density at radius 3 is 2.24 bits per heavy atom. The van der Waals surface area contributed by atoms with Gasteiger partial charge < -0.3 is 9.57 Å². The highest BCUT2D eigenvalue weighted by Gasteiger charge is 2.38. The van der Waals surface area contributed by atoms with E-state index in [9.17, 15) is 14.4 Å². The molecule has 0 saturated carbocycles. The Morgan fingerprint density at radius 2 is 1.55 bits per heavy atom. The second-order valence-electron chi connectivity index (χ2n) is 6.28. The number of hydroxylamine groups is 2. The maximum Gasteiger partial charge on any atom is 0.364 e. The molecule has 0 fully saturated rings. The number of benzene rings is 3. The lowest BCUT2D eigenvalue weighted by Crippen LogP contribution is -2.32. The van der Waals surface area contributed by atoms with Crippen LogP contribution in [0.25, 0.3) is 0 Å². The first kappa shape index (κ1) is 18.7. The van der Waals surface area contributed by atoms with Gasteiger partial charge in [-0.15, -0.1) is 0 Å². The molecule has 0 spiro atoms. The van der Waals surface area contributed by atoms with Crippen molar-refractivity contribution < 1.29 is 24.0 Å². The van der Waals surface area contributed by atoms with Gasteiger partial charge in [0.05, 0.1) is 16.7 Å². The summed E-state index contributed by atoms with van der Waals surface area (Å²) < 4.78 is 5.69. The Bertz CT molecular complexity index is 1090. The van der Waals surface area contributed by atoms with Crippen LogP contribution < -0.4 is 4.74 Å². The molecule has 0 aliphatic carbocycles. The van der Waals surface area contributed by atoms with Gasteiger partial charge in [-0.3, -0.25) is 9.59 Å². The first-order chi connectivity index (χ1) is 14.0. The van der Waals surface area contributed by atoms with Gasteiger partial charge >= 0.3 is 5.97 Å². The lowest BCUT2D eigenvalue weighted by Gasteiger charge is -2.13. The van der Waals surface area contributed by atoms with E-state index in [-0.39, 0.29) is 23.3 Å². The number of nitrogens with zero attached hydrogens (tertiary/aromatic N) is 1. The normalized spacial score (nSPS) is 12.7. The Hall–Kier alpha value is -3.64. The molecule has 0 bridgehead atoms. The fourth-order valence-corrected chi connectivity index (χ4v) is 3.10. The van der Waals surface area contributed by atoms with Crippen molar-refractivity contribution in [1.29, 1.82) is 0 Å². The molecule has 1 aliphatic heterocycles. The molecular weight excluding hydrogens is 394 g/mol. The molecule has 0 saturated heterocycles. The highest BCUT2D eigenvalue weighted by atomic mass is 35.5. The number of imide groups is 1. The van der Waals surface area contributed by atoms with Crippen molar-refractivity contribution in [2.75, 3.05) is 0 Å². The summed E-state index contributed by atoms with van der Waals surface area (Å²) in [6.45, 7) is 0.261. The lowest BCUT2D eigenvalue weighted by atomic mass is 10.1. The summed E-state index contributed by atoms with van der Waals surface area (Å²) in [6.07, 6.45) is 0. The number of hydrogen-bond donors (Lipinski definition) is 0. The highest BCUT2D eigenvalue weighted by Crippen LogP contribution is 2.24. The van der Waals surface area contributed by atoms with E-state index in [2.05, 4.69) is 0 Å². The van der Waals surface area contributed by atoms with Crippen LogP contribution in [0.1, 0.15) is 36.6 Å². The van der Waals surface area contributed by atoms with Gasteiger partial charge in [0, 0.05) is 5.02 Å². The summed E-state index contributed by atoms with van der Waals surface area (Å²) in [5.41, 5.74) is 1.41. The molecule has 0 radical (unpaired) electrons. The first-order valence-corrected chi connectivity index (χ1v) is 9.08. The van der Waals surface area contributed by atoms with Crippen LogP contribution >= 0.6 is 11.6 Å². The third-order valence-electron chi connectivity index (χ3n) is 4.30. The zero-order valence-electron chi connectivity index (χ0n) is 15.0.